The molecule has 3 atom stereocenters. The van der Waals surface area contributed by atoms with Crippen molar-refractivity contribution >= 4 is 75.7 Å². The first kappa shape index (κ1) is 55.3. The van der Waals surface area contributed by atoms with Gasteiger partial charge in [0.05, 0.1) is 51.4 Å². The third-order valence-corrected chi connectivity index (χ3v) is 18.8. The highest BCUT2D eigenvalue weighted by Gasteiger charge is 2.54. The molecule has 2 aliphatic carbocycles. The van der Waals surface area contributed by atoms with E-state index in [9.17, 15) is 28.7 Å². The minimum atomic E-state index is -1.98. The molecule has 0 bridgehead atoms. The Bertz CT molecular complexity index is 3020. The first-order chi connectivity index (χ1) is 37.2. The molecule has 1 spiro atoms. The van der Waals surface area contributed by atoms with Crippen LogP contribution in [0.25, 0.3) is 10.4 Å². The van der Waals surface area contributed by atoms with Crippen LogP contribution in [0.15, 0.2) is 76.4 Å². The standard InChI is InChI=1S/C56H68ClFN12O6S2/c1-33-47(77-32-63-33)34-9-10-35(27-62-50(73)40-24-36(71)30-70(40)51(74)48(53(2,3)4)65-52(75)56(58)13-14-56)41(23-34)76-37-25-55(26-37)17-21-68(22-18-55)43-12-11-39(66-67-43)49(72)64-38-7-6-8-42(46(38)57)78-45-29-60-44(28-61-45)69-19-15-54(5,31-59)16-20-69/h6-12,23,28-29,32,36-37,40,48,71H,13-22,24-27,30-31,59H2,1-5H3,(H,62,73)(H,64,72)(H,65,75)/t36-,40+,48-/m1/s1. The zero-order valence-corrected chi connectivity index (χ0v) is 47.1. The number of halogens is 2. The molecule has 414 valence electrons. The largest absolute Gasteiger partial charge is 0.490 e. The predicted molar refractivity (Wildman–Crippen MR) is 298 cm³/mol. The summed E-state index contributed by atoms with van der Waals surface area (Å²) < 4.78 is 21.5. The van der Waals surface area contributed by atoms with E-state index in [1.807, 2.05) is 43.3 Å². The summed E-state index contributed by atoms with van der Waals surface area (Å²) in [4.78, 5) is 75.5. The van der Waals surface area contributed by atoms with Gasteiger partial charge in [-0.1, -0.05) is 69.3 Å². The van der Waals surface area contributed by atoms with Crippen molar-refractivity contribution in [2.24, 2.45) is 22.0 Å². The number of benzene rings is 2. The third-order valence-electron chi connectivity index (χ3n) is 16.4. The Labute approximate surface area is 467 Å². The predicted octanol–water partition coefficient (Wildman–Crippen LogP) is 7.76. The fourth-order valence-electron chi connectivity index (χ4n) is 10.9. The maximum Gasteiger partial charge on any atom is 0.276 e. The molecule has 5 aliphatic rings. The number of nitrogens with two attached hydrogens (primary N) is 1. The number of β-amino-alcohol motifs (C(OH)–C–C–N with tert-alkyl or cyclic N) is 1. The quantitative estimate of drug-likeness (QED) is 0.0635. The number of piperidine rings is 2. The number of aromatic nitrogens is 5. The molecule has 0 radical (unpaired) electrons. The number of hydrogen-bond donors (Lipinski definition) is 5. The molecule has 2 aromatic carbocycles. The molecule has 22 heteroatoms. The highest BCUT2D eigenvalue weighted by molar-refractivity contribution is 7.99. The number of nitrogens with zero attached hydrogens (tertiary/aromatic N) is 8. The molecular formula is C56H68ClFN12O6S2. The van der Waals surface area contributed by atoms with Gasteiger partial charge in [-0.3, -0.25) is 19.2 Å². The Morgan fingerprint density at radius 3 is 2.32 bits per heavy atom. The Kier molecular flexibility index (Phi) is 15.8. The third kappa shape index (κ3) is 12.1. The second-order valence-electron chi connectivity index (χ2n) is 23.2. The van der Waals surface area contributed by atoms with Gasteiger partial charge in [-0.15, -0.1) is 21.5 Å². The van der Waals surface area contributed by atoms with Crippen LogP contribution in [0.2, 0.25) is 5.02 Å². The number of carbonyl (C=O) groups is 4. The SMILES string of the molecule is Cc1ncsc1-c1ccc(CNC(=O)[C@@H]2C[C@@H](O)CN2C(=O)[C@@H](NC(=O)C2(F)CC2)C(C)(C)C)c(OC2CC3(CCN(c4ccc(C(=O)Nc5cccc(Sc6cnc(N7CCC(C)(CN)CC7)cn6)c5Cl)nn4)CC3)C2)c1. The molecule has 5 fully saturated rings. The number of nitrogens with one attached hydrogen (secondary N) is 3. The van der Waals surface area contributed by atoms with E-state index in [0.29, 0.717) is 33.8 Å². The lowest BCUT2D eigenvalue weighted by molar-refractivity contribution is -0.145. The van der Waals surface area contributed by atoms with Gasteiger partial charge < -0.3 is 46.2 Å². The zero-order chi connectivity index (χ0) is 55.1. The van der Waals surface area contributed by atoms with Crippen molar-refractivity contribution in [2.75, 3.05) is 54.4 Å². The van der Waals surface area contributed by atoms with Crippen molar-refractivity contribution in [3.05, 3.63) is 88.4 Å². The first-order valence-corrected chi connectivity index (χ1v) is 28.9. The first-order valence-electron chi connectivity index (χ1n) is 26.8. The van der Waals surface area contributed by atoms with Crippen molar-refractivity contribution in [1.82, 2.24) is 40.7 Å². The summed E-state index contributed by atoms with van der Waals surface area (Å²) >= 11 is 9.74. The van der Waals surface area contributed by atoms with Crippen LogP contribution < -0.4 is 36.2 Å². The van der Waals surface area contributed by atoms with Crippen molar-refractivity contribution in [1.29, 1.82) is 0 Å². The monoisotopic (exact) mass is 1120 g/mol. The van der Waals surface area contributed by atoms with Crippen molar-refractivity contribution < 1.29 is 33.4 Å². The maximum absolute atomic E-state index is 14.7. The van der Waals surface area contributed by atoms with Gasteiger partial charge in [0.2, 0.25) is 11.8 Å². The van der Waals surface area contributed by atoms with Crippen LogP contribution >= 0.6 is 34.7 Å². The van der Waals surface area contributed by atoms with E-state index < -0.39 is 52.9 Å². The summed E-state index contributed by atoms with van der Waals surface area (Å²) in [6.45, 7) is 13.5. The van der Waals surface area contributed by atoms with E-state index in [1.165, 1.54) is 28.0 Å². The smallest absolute Gasteiger partial charge is 0.276 e. The Balaban J connectivity index is 0.724. The number of rotatable bonds is 16. The van der Waals surface area contributed by atoms with Crippen molar-refractivity contribution in [3.8, 4) is 16.2 Å². The lowest BCUT2D eigenvalue weighted by Gasteiger charge is -2.52. The molecule has 5 aromatic rings. The number of aliphatic hydroxyl groups is 1. The minimum absolute atomic E-state index is 0.0221. The summed E-state index contributed by atoms with van der Waals surface area (Å²) in [5.74, 6) is -0.0890. The summed E-state index contributed by atoms with van der Waals surface area (Å²) in [5.41, 5.74) is 8.49. The Morgan fingerprint density at radius 2 is 1.68 bits per heavy atom. The average Bonchev–Trinajstić information content (AvgIpc) is 3.92. The summed E-state index contributed by atoms with van der Waals surface area (Å²) in [7, 11) is 0. The van der Waals surface area contributed by atoms with E-state index in [0.717, 1.165) is 97.1 Å². The maximum atomic E-state index is 14.7. The van der Waals surface area contributed by atoms with Gasteiger partial charge in [0.1, 0.15) is 28.7 Å². The van der Waals surface area contributed by atoms with Gasteiger partial charge in [0, 0.05) is 56.1 Å². The van der Waals surface area contributed by atoms with E-state index in [4.69, 9.17) is 22.1 Å². The summed E-state index contributed by atoms with van der Waals surface area (Å²) in [5, 5.41) is 29.1. The molecule has 6 N–H and O–H groups in total. The molecule has 6 heterocycles. The number of likely N-dealkylation sites (tertiary alicyclic amines) is 1. The number of aliphatic hydroxyl groups excluding tert-OH is 1. The molecule has 78 heavy (non-hydrogen) atoms. The highest BCUT2D eigenvalue weighted by atomic mass is 35.5. The molecule has 10 rings (SSSR count). The van der Waals surface area contributed by atoms with E-state index in [2.05, 4.69) is 57.8 Å². The van der Waals surface area contributed by atoms with Crippen LogP contribution in [-0.4, -0.2) is 128 Å². The number of alkyl halides is 1. The van der Waals surface area contributed by atoms with E-state index >= 15 is 0 Å². The zero-order valence-electron chi connectivity index (χ0n) is 44.7. The van der Waals surface area contributed by atoms with Crippen LogP contribution in [0, 0.1) is 23.2 Å². The second kappa shape index (κ2) is 22.3. The number of thiazole rings is 1. The number of anilines is 3. The number of amides is 4. The Hall–Kier alpha value is -6.00. The average molecular weight is 1120 g/mol. The number of hydrogen-bond acceptors (Lipinski definition) is 16. The van der Waals surface area contributed by atoms with Gasteiger partial charge in [-0.2, -0.15) is 0 Å². The normalized spacial score (nSPS) is 20.9. The van der Waals surface area contributed by atoms with Gasteiger partial charge in [0.15, 0.2) is 17.2 Å². The highest BCUT2D eigenvalue weighted by Crippen LogP contribution is 2.51. The van der Waals surface area contributed by atoms with E-state index in [1.54, 1.807) is 50.8 Å². The fourth-order valence-corrected chi connectivity index (χ4v) is 12.8. The van der Waals surface area contributed by atoms with Gasteiger partial charge in [-0.05, 0) is 117 Å². The molecule has 4 amide bonds. The topological polar surface area (TPSA) is 234 Å². The van der Waals surface area contributed by atoms with Crippen molar-refractivity contribution in [3.63, 3.8) is 0 Å². The molecule has 3 aromatic heterocycles. The van der Waals surface area contributed by atoms with Gasteiger partial charge in [0.25, 0.3) is 11.8 Å². The Morgan fingerprint density at radius 1 is 0.949 bits per heavy atom. The molecule has 2 saturated carbocycles. The molecule has 3 saturated heterocycles. The van der Waals surface area contributed by atoms with Crippen molar-refractivity contribution in [2.45, 2.75) is 139 Å². The molecule has 0 unspecified atom stereocenters. The van der Waals surface area contributed by atoms with Crippen LogP contribution in [0.1, 0.15) is 107 Å². The summed E-state index contributed by atoms with van der Waals surface area (Å²) in [6, 6.07) is 12.8. The fraction of sp³-hybridized carbons (Fsp3) is 0.518. The van der Waals surface area contributed by atoms with Crippen LogP contribution in [-0.2, 0) is 20.9 Å². The number of ether oxygens (including phenoxy) is 1. The van der Waals surface area contributed by atoms with Crippen LogP contribution in [0.4, 0.5) is 21.7 Å². The second-order valence-corrected chi connectivity index (χ2v) is 25.5. The lowest BCUT2D eigenvalue weighted by Crippen LogP contribution is -2.59. The molecule has 18 nitrogen and oxygen atoms in total. The van der Waals surface area contributed by atoms with Crippen LogP contribution in [0.3, 0.4) is 0 Å². The molecular weight excluding hydrogens is 1060 g/mol. The van der Waals surface area contributed by atoms with Gasteiger partial charge in [-0.25, -0.2) is 19.3 Å². The van der Waals surface area contributed by atoms with Crippen LogP contribution in [0.5, 0.6) is 5.75 Å². The molecule has 3 aliphatic heterocycles. The van der Waals surface area contributed by atoms with E-state index in [-0.39, 0.29) is 55.0 Å². The number of carbonyl (C=O) groups excluding carboxylic acids is 4. The number of aryl methyl sites for hydroxylation is 1. The summed E-state index contributed by atoms with van der Waals surface area (Å²) in [6.07, 6.45) is 8.31. The minimum Gasteiger partial charge on any atom is -0.490 e. The van der Waals surface area contributed by atoms with Gasteiger partial charge >= 0.3 is 0 Å². The lowest BCUT2D eigenvalue weighted by atomic mass is 9.61.